The second-order valence-corrected chi connectivity index (χ2v) is 9.51. The highest BCUT2D eigenvalue weighted by Gasteiger charge is 2.25. The molecule has 0 saturated carbocycles. The molecule has 0 saturated heterocycles. The number of urea groups is 1. The molecule has 2 N–H and O–H groups in total. The Morgan fingerprint density at radius 1 is 1.00 bits per heavy atom. The largest absolute Gasteiger partial charge is 0.322 e. The van der Waals surface area contributed by atoms with Gasteiger partial charge >= 0.3 is 6.03 Å². The molecule has 2 aromatic carbocycles. The fourth-order valence-corrected chi connectivity index (χ4v) is 3.63. The van der Waals surface area contributed by atoms with Crippen LogP contribution in [-0.4, -0.2) is 40.2 Å². The minimum absolute atomic E-state index is 0.0979. The molecule has 0 atom stereocenters. The maximum absolute atomic E-state index is 13.0. The van der Waals surface area contributed by atoms with Crippen molar-refractivity contribution in [2.24, 2.45) is 0 Å². The van der Waals surface area contributed by atoms with Crippen molar-refractivity contribution >= 4 is 23.4 Å². The lowest BCUT2D eigenvalue weighted by Gasteiger charge is -2.22. The van der Waals surface area contributed by atoms with Crippen molar-refractivity contribution in [2.75, 3.05) is 24.2 Å². The molecule has 7 heteroatoms. The summed E-state index contributed by atoms with van der Waals surface area (Å²) >= 11 is 0. The molecular weight excluding hydrogens is 414 g/mol. The summed E-state index contributed by atoms with van der Waals surface area (Å²) in [7, 11) is 1.60. The van der Waals surface area contributed by atoms with E-state index in [0.717, 1.165) is 33.6 Å². The molecule has 3 rings (SSSR count). The second kappa shape index (κ2) is 9.48. The van der Waals surface area contributed by atoms with Gasteiger partial charge in [-0.15, -0.1) is 0 Å². The van der Waals surface area contributed by atoms with E-state index in [4.69, 9.17) is 0 Å². The highest BCUT2D eigenvalue weighted by Crippen LogP contribution is 2.32. The van der Waals surface area contributed by atoms with Gasteiger partial charge in [-0.2, -0.15) is 5.10 Å². The van der Waals surface area contributed by atoms with Crippen molar-refractivity contribution in [2.45, 2.75) is 47.0 Å². The van der Waals surface area contributed by atoms with E-state index in [1.807, 2.05) is 57.2 Å². The Balaban J connectivity index is 1.81. The smallest absolute Gasteiger partial charge is 0.318 e. The van der Waals surface area contributed by atoms with E-state index in [1.165, 1.54) is 4.90 Å². The zero-order chi connectivity index (χ0) is 24.3. The second-order valence-electron chi connectivity index (χ2n) is 9.51. The van der Waals surface area contributed by atoms with Crippen molar-refractivity contribution in [3.8, 4) is 5.69 Å². The molecule has 174 valence electrons. The highest BCUT2D eigenvalue weighted by molar-refractivity contribution is 5.97. The topological polar surface area (TPSA) is 79.3 Å². The normalized spacial score (nSPS) is 11.2. The Labute approximate surface area is 195 Å². The first-order chi connectivity index (χ1) is 15.5. The van der Waals surface area contributed by atoms with Crippen molar-refractivity contribution in [3.05, 3.63) is 70.9 Å². The summed E-state index contributed by atoms with van der Waals surface area (Å²) in [6, 6.07) is 13.3. The van der Waals surface area contributed by atoms with Gasteiger partial charge in [0.25, 0.3) is 0 Å². The predicted octanol–water partition coefficient (Wildman–Crippen LogP) is 5.20. The predicted molar refractivity (Wildman–Crippen MR) is 133 cm³/mol. The van der Waals surface area contributed by atoms with Crippen LogP contribution in [0.2, 0.25) is 0 Å². The van der Waals surface area contributed by atoms with E-state index >= 15 is 0 Å². The number of hydrogen-bond acceptors (Lipinski definition) is 3. The van der Waals surface area contributed by atoms with Gasteiger partial charge in [-0.3, -0.25) is 4.79 Å². The van der Waals surface area contributed by atoms with Crippen LogP contribution >= 0.6 is 0 Å². The zero-order valence-corrected chi connectivity index (χ0v) is 20.5. The molecule has 0 spiro atoms. The molecular formula is C26H33N5O2. The molecule has 3 amide bonds. The number of rotatable bonds is 5. The first kappa shape index (κ1) is 24.0. The summed E-state index contributed by atoms with van der Waals surface area (Å²) in [6.07, 6.45) is 1.80. The van der Waals surface area contributed by atoms with E-state index in [1.54, 1.807) is 17.9 Å². The SMILES string of the molecule is Cc1ccc(-n2ncc(C(C)(C)C)c2NC(=O)CN(C)C(=O)Nc2ccccc2C)c(C)c1. The van der Waals surface area contributed by atoms with Crippen LogP contribution in [0.3, 0.4) is 0 Å². The Bertz CT molecular complexity index is 1170. The number of benzene rings is 2. The van der Waals surface area contributed by atoms with Crippen LogP contribution in [0.1, 0.15) is 43.0 Å². The average Bonchev–Trinajstić information content (AvgIpc) is 3.13. The number of carbonyl (C=O) groups is 2. The molecule has 0 aliphatic rings. The Kier molecular flexibility index (Phi) is 6.91. The quantitative estimate of drug-likeness (QED) is 0.564. The molecule has 0 unspecified atom stereocenters. The Morgan fingerprint density at radius 2 is 1.70 bits per heavy atom. The standard InChI is InChI=1S/C26H33N5O2/c1-17-12-13-22(19(3)14-17)31-24(20(15-27-31)26(4,5)6)29-23(32)16-30(7)25(33)28-21-11-9-8-10-18(21)2/h8-15H,16H2,1-7H3,(H,28,33)(H,29,32). The molecule has 3 aromatic rings. The van der Waals surface area contributed by atoms with E-state index in [-0.39, 0.29) is 23.9 Å². The van der Waals surface area contributed by atoms with Gasteiger partial charge in [0.1, 0.15) is 12.4 Å². The van der Waals surface area contributed by atoms with Crippen LogP contribution in [0.5, 0.6) is 0 Å². The van der Waals surface area contributed by atoms with Crippen LogP contribution in [-0.2, 0) is 10.2 Å². The van der Waals surface area contributed by atoms with Gasteiger partial charge in [-0.1, -0.05) is 56.7 Å². The lowest BCUT2D eigenvalue weighted by Crippen LogP contribution is -2.38. The monoisotopic (exact) mass is 447 g/mol. The number of para-hydroxylation sites is 1. The molecule has 1 heterocycles. The number of nitrogens with one attached hydrogen (secondary N) is 2. The van der Waals surface area contributed by atoms with Crippen molar-refractivity contribution < 1.29 is 9.59 Å². The van der Waals surface area contributed by atoms with Crippen LogP contribution in [0.15, 0.2) is 48.7 Å². The number of carbonyl (C=O) groups excluding carboxylic acids is 2. The molecule has 0 aliphatic heterocycles. The first-order valence-corrected chi connectivity index (χ1v) is 11.0. The molecule has 7 nitrogen and oxygen atoms in total. The van der Waals surface area contributed by atoms with E-state index in [0.29, 0.717) is 5.82 Å². The summed E-state index contributed by atoms with van der Waals surface area (Å²) in [5, 5.41) is 10.4. The third-order valence-corrected chi connectivity index (χ3v) is 5.53. The fourth-order valence-electron chi connectivity index (χ4n) is 3.63. The van der Waals surface area contributed by atoms with E-state index in [2.05, 4.69) is 42.6 Å². The van der Waals surface area contributed by atoms with Crippen LogP contribution < -0.4 is 10.6 Å². The summed E-state index contributed by atoms with van der Waals surface area (Å²) in [6.45, 7) is 12.1. The highest BCUT2D eigenvalue weighted by atomic mass is 16.2. The number of aromatic nitrogens is 2. The van der Waals surface area contributed by atoms with Gasteiger partial charge in [0.2, 0.25) is 5.91 Å². The summed E-state index contributed by atoms with van der Waals surface area (Å²) in [5.41, 5.74) is 5.48. The number of anilines is 2. The van der Waals surface area contributed by atoms with Crippen molar-refractivity contribution in [1.82, 2.24) is 14.7 Å². The minimum Gasteiger partial charge on any atom is -0.318 e. The number of aryl methyl sites for hydroxylation is 3. The minimum atomic E-state index is -0.349. The molecule has 33 heavy (non-hydrogen) atoms. The molecule has 1 aromatic heterocycles. The number of likely N-dealkylation sites (N-methyl/N-ethyl adjacent to an activating group) is 1. The molecule has 0 radical (unpaired) electrons. The Hall–Kier alpha value is -3.61. The number of amides is 3. The summed E-state index contributed by atoms with van der Waals surface area (Å²) < 4.78 is 1.76. The lowest BCUT2D eigenvalue weighted by molar-refractivity contribution is -0.116. The maximum Gasteiger partial charge on any atom is 0.322 e. The summed E-state index contributed by atoms with van der Waals surface area (Å²) in [5.74, 6) is 0.321. The third-order valence-electron chi connectivity index (χ3n) is 5.53. The van der Waals surface area contributed by atoms with Crippen LogP contribution in [0, 0.1) is 20.8 Å². The molecule has 0 aliphatic carbocycles. The van der Waals surface area contributed by atoms with Crippen molar-refractivity contribution in [3.63, 3.8) is 0 Å². The van der Waals surface area contributed by atoms with Gasteiger partial charge in [0.15, 0.2) is 0 Å². The van der Waals surface area contributed by atoms with E-state index in [9.17, 15) is 9.59 Å². The first-order valence-electron chi connectivity index (χ1n) is 11.0. The fraction of sp³-hybridized carbons (Fsp3) is 0.346. The Morgan fingerprint density at radius 3 is 2.33 bits per heavy atom. The van der Waals surface area contributed by atoms with Gasteiger partial charge in [-0.25, -0.2) is 9.48 Å². The van der Waals surface area contributed by atoms with Gasteiger partial charge in [0.05, 0.1) is 11.9 Å². The molecule has 0 bridgehead atoms. The maximum atomic E-state index is 13.0. The van der Waals surface area contributed by atoms with Gasteiger partial charge in [0, 0.05) is 18.3 Å². The van der Waals surface area contributed by atoms with E-state index < -0.39 is 0 Å². The number of hydrogen-bond donors (Lipinski definition) is 2. The zero-order valence-electron chi connectivity index (χ0n) is 20.5. The summed E-state index contributed by atoms with van der Waals surface area (Å²) in [4.78, 5) is 26.9. The van der Waals surface area contributed by atoms with Crippen LogP contribution in [0.25, 0.3) is 5.69 Å². The van der Waals surface area contributed by atoms with Gasteiger partial charge < -0.3 is 15.5 Å². The molecule has 0 fully saturated rings. The van der Waals surface area contributed by atoms with Crippen LogP contribution in [0.4, 0.5) is 16.3 Å². The van der Waals surface area contributed by atoms with Gasteiger partial charge in [-0.05, 0) is 49.4 Å². The lowest BCUT2D eigenvalue weighted by atomic mass is 9.88. The number of nitrogens with zero attached hydrogens (tertiary/aromatic N) is 3. The third kappa shape index (κ3) is 5.61. The average molecular weight is 448 g/mol. The van der Waals surface area contributed by atoms with Crippen molar-refractivity contribution in [1.29, 1.82) is 0 Å².